The molecule has 0 radical (unpaired) electrons. The highest BCUT2D eigenvalue weighted by Gasteiger charge is 2.28. The fraction of sp³-hybridized carbons (Fsp3) is 0.273. The van der Waals surface area contributed by atoms with Crippen LogP contribution in [0.15, 0.2) is 54.0 Å². The lowest BCUT2D eigenvalue weighted by atomic mass is 9.97. The third-order valence-electron chi connectivity index (χ3n) is 5.33. The molecule has 29 heavy (non-hydrogen) atoms. The van der Waals surface area contributed by atoms with Gasteiger partial charge in [-0.25, -0.2) is 14.5 Å². The number of aryl methyl sites for hydroxylation is 1. The van der Waals surface area contributed by atoms with Gasteiger partial charge in [-0.15, -0.1) is 11.3 Å². The van der Waals surface area contributed by atoms with Gasteiger partial charge in [0.2, 0.25) is 0 Å². The minimum atomic E-state index is -0.0119. The molecule has 0 saturated carbocycles. The molecule has 1 aliphatic rings. The Hall–Kier alpha value is -3.06. The third kappa shape index (κ3) is 3.53. The molecule has 6 nitrogen and oxygen atoms in total. The van der Waals surface area contributed by atoms with E-state index in [9.17, 15) is 4.79 Å². The van der Waals surface area contributed by atoms with Crippen LogP contribution >= 0.6 is 11.3 Å². The van der Waals surface area contributed by atoms with Crippen LogP contribution in [0.5, 0.6) is 0 Å². The fourth-order valence-electron chi connectivity index (χ4n) is 3.86. The van der Waals surface area contributed by atoms with Gasteiger partial charge in [0.15, 0.2) is 11.5 Å². The van der Waals surface area contributed by atoms with Crippen LogP contribution in [0.1, 0.15) is 40.8 Å². The second-order valence-corrected chi connectivity index (χ2v) is 8.37. The first-order chi connectivity index (χ1) is 14.2. The zero-order valence-corrected chi connectivity index (χ0v) is 17.0. The minimum Gasteiger partial charge on any atom is -0.337 e. The first-order valence-corrected chi connectivity index (χ1v) is 10.7. The summed E-state index contributed by atoms with van der Waals surface area (Å²) in [6.07, 6.45) is 3.96. The Morgan fingerprint density at radius 2 is 2.07 bits per heavy atom. The summed E-state index contributed by atoms with van der Waals surface area (Å²) < 4.78 is 1.85. The van der Waals surface area contributed by atoms with Crippen molar-refractivity contribution in [1.82, 2.24) is 24.5 Å². The first kappa shape index (κ1) is 18.0. The number of carbonyl (C=O) groups is 1. The molecule has 0 aliphatic carbocycles. The van der Waals surface area contributed by atoms with E-state index >= 15 is 0 Å². The van der Waals surface area contributed by atoms with E-state index in [0.717, 1.165) is 42.1 Å². The summed E-state index contributed by atoms with van der Waals surface area (Å²) in [5.74, 6) is 0.938. The highest BCUT2D eigenvalue weighted by molar-refractivity contribution is 7.13. The van der Waals surface area contributed by atoms with Gasteiger partial charge in [-0.05, 0) is 55.5 Å². The van der Waals surface area contributed by atoms with Gasteiger partial charge < -0.3 is 4.90 Å². The summed E-state index contributed by atoms with van der Waals surface area (Å²) >= 11 is 1.71. The monoisotopic (exact) mass is 403 g/mol. The van der Waals surface area contributed by atoms with E-state index in [1.165, 1.54) is 4.88 Å². The van der Waals surface area contributed by atoms with Gasteiger partial charge >= 0.3 is 0 Å². The number of piperidine rings is 1. The molecule has 0 spiro atoms. The Bertz CT molecular complexity index is 1170. The third-order valence-corrected chi connectivity index (χ3v) is 6.25. The number of amides is 1. The number of likely N-dealkylation sites (tertiary alicyclic amines) is 1. The van der Waals surface area contributed by atoms with Crippen LogP contribution in [0.3, 0.4) is 0 Å². The van der Waals surface area contributed by atoms with Crippen molar-refractivity contribution < 1.29 is 4.79 Å². The summed E-state index contributed by atoms with van der Waals surface area (Å²) in [5.41, 5.74) is 3.33. The Labute approximate surface area is 172 Å². The van der Waals surface area contributed by atoms with Crippen LogP contribution in [0.4, 0.5) is 0 Å². The normalized spacial score (nSPS) is 17.0. The van der Waals surface area contributed by atoms with Crippen molar-refractivity contribution in [3.63, 3.8) is 0 Å². The predicted molar refractivity (Wildman–Crippen MR) is 113 cm³/mol. The minimum absolute atomic E-state index is 0.0119. The maximum atomic E-state index is 12.9. The second kappa shape index (κ2) is 7.40. The van der Waals surface area contributed by atoms with Crippen molar-refractivity contribution >= 4 is 22.9 Å². The molecule has 7 heteroatoms. The van der Waals surface area contributed by atoms with Gasteiger partial charge in [0, 0.05) is 41.3 Å². The summed E-state index contributed by atoms with van der Waals surface area (Å²) in [4.78, 5) is 25.1. The Morgan fingerprint density at radius 1 is 1.14 bits per heavy atom. The molecule has 146 valence electrons. The van der Waals surface area contributed by atoms with Crippen molar-refractivity contribution in [2.75, 3.05) is 13.1 Å². The summed E-state index contributed by atoms with van der Waals surface area (Å²) in [6.45, 7) is 3.28. The van der Waals surface area contributed by atoms with Crippen molar-refractivity contribution in [3.8, 4) is 10.4 Å². The average molecular weight is 404 g/mol. The molecule has 5 rings (SSSR count). The van der Waals surface area contributed by atoms with Gasteiger partial charge in [-0.2, -0.15) is 5.10 Å². The average Bonchev–Trinajstić information content (AvgIpc) is 3.42. The van der Waals surface area contributed by atoms with Gasteiger partial charge in [0.05, 0.1) is 0 Å². The molecule has 1 amide bonds. The fourth-order valence-corrected chi connectivity index (χ4v) is 4.58. The smallest absolute Gasteiger partial charge is 0.272 e. The molecular formula is C22H21N5OS. The number of aromatic nitrogens is 4. The molecule has 5 heterocycles. The second-order valence-electron chi connectivity index (χ2n) is 7.42. The topological polar surface area (TPSA) is 63.4 Å². The molecule has 1 saturated heterocycles. The molecule has 4 aromatic heterocycles. The molecule has 0 bridgehead atoms. The lowest BCUT2D eigenvalue weighted by Gasteiger charge is -2.31. The molecule has 1 aliphatic heterocycles. The molecular weight excluding hydrogens is 382 g/mol. The van der Waals surface area contributed by atoms with E-state index in [2.05, 4.69) is 22.5 Å². The van der Waals surface area contributed by atoms with Crippen LogP contribution < -0.4 is 0 Å². The zero-order chi connectivity index (χ0) is 19.8. The molecule has 0 aromatic carbocycles. The number of hydrogen-bond donors (Lipinski definition) is 0. The van der Waals surface area contributed by atoms with Crippen molar-refractivity contribution in [2.24, 2.45) is 0 Å². The maximum Gasteiger partial charge on any atom is 0.272 e. The van der Waals surface area contributed by atoms with Crippen LogP contribution in [-0.4, -0.2) is 43.5 Å². The lowest BCUT2D eigenvalue weighted by Crippen LogP contribution is -2.39. The molecule has 1 unspecified atom stereocenters. The van der Waals surface area contributed by atoms with Crippen molar-refractivity contribution in [1.29, 1.82) is 0 Å². The number of rotatable bonds is 3. The highest BCUT2D eigenvalue weighted by atomic mass is 32.1. The summed E-state index contributed by atoms with van der Waals surface area (Å²) in [6, 6.07) is 13.8. The van der Waals surface area contributed by atoms with Gasteiger partial charge in [-0.1, -0.05) is 12.1 Å². The standard InChI is InChI=1S/C22H21N5OS/c1-15-5-2-7-18(23-15)22(28)26-11-3-6-17(13-26)21-24-20-10-9-16(14-27(20)25-21)19-8-4-12-29-19/h2,4-5,7-10,12,14,17H,3,6,11,13H2,1H3. The van der Waals surface area contributed by atoms with Crippen LogP contribution in [-0.2, 0) is 0 Å². The Balaban J connectivity index is 1.39. The van der Waals surface area contributed by atoms with E-state index in [0.29, 0.717) is 12.2 Å². The highest BCUT2D eigenvalue weighted by Crippen LogP contribution is 2.28. The molecule has 1 fully saturated rings. The van der Waals surface area contributed by atoms with Crippen LogP contribution in [0.2, 0.25) is 0 Å². The number of fused-ring (bicyclic) bond motifs is 1. The summed E-state index contributed by atoms with van der Waals surface area (Å²) in [7, 11) is 0. The largest absolute Gasteiger partial charge is 0.337 e. The molecule has 0 N–H and O–H groups in total. The lowest BCUT2D eigenvalue weighted by molar-refractivity contribution is 0.0698. The van der Waals surface area contributed by atoms with Gasteiger partial charge in [-0.3, -0.25) is 4.79 Å². The first-order valence-electron chi connectivity index (χ1n) is 9.80. The number of thiophene rings is 1. The van der Waals surface area contributed by atoms with E-state index < -0.39 is 0 Å². The Kier molecular flexibility index (Phi) is 4.60. The van der Waals surface area contributed by atoms with E-state index in [4.69, 9.17) is 10.1 Å². The predicted octanol–water partition coefficient (Wildman–Crippen LogP) is 4.18. The van der Waals surface area contributed by atoms with Crippen molar-refractivity contribution in [2.45, 2.75) is 25.7 Å². The quantitative estimate of drug-likeness (QED) is 0.515. The number of hydrogen-bond acceptors (Lipinski definition) is 5. The van der Waals surface area contributed by atoms with E-state index in [-0.39, 0.29) is 11.8 Å². The van der Waals surface area contributed by atoms with E-state index in [1.807, 2.05) is 46.8 Å². The van der Waals surface area contributed by atoms with Gasteiger partial charge in [0.1, 0.15) is 5.69 Å². The summed E-state index contributed by atoms with van der Waals surface area (Å²) in [5, 5.41) is 6.82. The molecule has 1 atom stereocenters. The van der Waals surface area contributed by atoms with Crippen LogP contribution in [0, 0.1) is 6.92 Å². The van der Waals surface area contributed by atoms with Crippen LogP contribution in [0.25, 0.3) is 16.1 Å². The van der Waals surface area contributed by atoms with E-state index in [1.54, 1.807) is 17.4 Å². The zero-order valence-electron chi connectivity index (χ0n) is 16.2. The maximum absolute atomic E-state index is 12.9. The number of pyridine rings is 2. The van der Waals surface area contributed by atoms with Crippen molar-refractivity contribution in [3.05, 3.63) is 71.3 Å². The SMILES string of the molecule is Cc1cccc(C(=O)N2CCCC(c3nc4ccc(-c5cccs5)cn4n3)C2)n1. The molecule has 4 aromatic rings. The number of nitrogens with zero attached hydrogens (tertiary/aromatic N) is 5. The Morgan fingerprint density at radius 3 is 2.90 bits per heavy atom. The number of carbonyl (C=O) groups excluding carboxylic acids is 1. The van der Waals surface area contributed by atoms with Gasteiger partial charge in [0.25, 0.3) is 5.91 Å².